The smallest absolute Gasteiger partial charge is 0.0935 e. The van der Waals surface area contributed by atoms with Gasteiger partial charge in [-0.3, -0.25) is 0 Å². The van der Waals surface area contributed by atoms with Crippen LogP contribution in [0.25, 0.3) is 0 Å². The Balaban J connectivity index is 2.13. The van der Waals surface area contributed by atoms with Crippen molar-refractivity contribution in [3.63, 3.8) is 0 Å². The molecule has 0 saturated heterocycles. The van der Waals surface area contributed by atoms with Gasteiger partial charge in [0, 0.05) is 11.8 Å². The maximum absolute atomic E-state index is 5.99. The minimum Gasteiger partial charge on any atom is -0.472 e. The van der Waals surface area contributed by atoms with Crippen molar-refractivity contribution in [2.24, 2.45) is 11.7 Å². The van der Waals surface area contributed by atoms with Crippen LogP contribution >= 0.6 is 11.8 Å². The minimum atomic E-state index is 0.247. The Hall–Kier alpha value is -0.410. The number of nitrogens with two attached hydrogens (primary N) is 1. The van der Waals surface area contributed by atoms with Gasteiger partial charge in [0.1, 0.15) is 0 Å². The molecule has 80 valence electrons. The van der Waals surface area contributed by atoms with E-state index in [-0.39, 0.29) is 6.04 Å². The molecule has 0 aliphatic carbocycles. The van der Waals surface area contributed by atoms with Crippen LogP contribution in [0, 0.1) is 5.92 Å². The normalized spacial score (nSPS) is 13.4. The van der Waals surface area contributed by atoms with Crippen LogP contribution in [0.3, 0.4) is 0 Å². The molecule has 14 heavy (non-hydrogen) atoms. The van der Waals surface area contributed by atoms with Gasteiger partial charge in [0.15, 0.2) is 0 Å². The molecule has 1 aromatic heterocycles. The summed E-state index contributed by atoms with van der Waals surface area (Å²) in [5, 5.41) is 0. The highest BCUT2D eigenvalue weighted by Gasteiger charge is 2.05. The van der Waals surface area contributed by atoms with Crippen LogP contribution in [0.4, 0.5) is 0 Å². The van der Waals surface area contributed by atoms with Gasteiger partial charge in [-0.1, -0.05) is 13.8 Å². The Bertz CT molecular complexity index is 233. The second-order valence-corrected chi connectivity index (χ2v) is 5.10. The lowest BCUT2D eigenvalue weighted by atomic mass is 10.1. The third-order valence-electron chi connectivity index (χ3n) is 1.86. The van der Waals surface area contributed by atoms with E-state index in [9.17, 15) is 0 Å². The van der Waals surface area contributed by atoms with E-state index in [1.165, 1.54) is 11.3 Å². The molecular formula is C11H19NOS. The Labute approximate surface area is 90.2 Å². The van der Waals surface area contributed by atoms with E-state index in [0.717, 1.165) is 18.1 Å². The number of hydrogen-bond donors (Lipinski definition) is 1. The zero-order valence-corrected chi connectivity index (χ0v) is 9.72. The van der Waals surface area contributed by atoms with Crippen molar-refractivity contribution in [3.05, 3.63) is 24.2 Å². The summed E-state index contributed by atoms with van der Waals surface area (Å²) in [7, 11) is 0. The summed E-state index contributed by atoms with van der Waals surface area (Å²) in [6, 6.07) is 2.23. The van der Waals surface area contributed by atoms with Gasteiger partial charge in [-0.2, -0.15) is 11.8 Å². The average Bonchev–Trinajstić information content (AvgIpc) is 2.56. The molecule has 0 spiro atoms. The predicted molar refractivity (Wildman–Crippen MR) is 62.6 cm³/mol. The van der Waals surface area contributed by atoms with E-state index < -0.39 is 0 Å². The van der Waals surface area contributed by atoms with Crippen LogP contribution in [-0.4, -0.2) is 17.5 Å². The van der Waals surface area contributed by atoms with Crippen LogP contribution in [0.5, 0.6) is 0 Å². The van der Waals surface area contributed by atoms with Gasteiger partial charge in [-0.25, -0.2) is 0 Å². The van der Waals surface area contributed by atoms with Gasteiger partial charge in [0.2, 0.25) is 0 Å². The molecule has 0 amide bonds. The zero-order chi connectivity index (χ0) is 10.4. The molecule has 0 radical (unpaired) electrons. The van der Waals surface area contributed by atoms with Gasteiger partial charge in [-0.15, -0.1) is 0 Å². The molecule has 2 nitrogen and oxygen atoms in total. The lowest BCUT2D eigenvalue weighted by Gasteiger charge is -2.10. The van der Waals surface area contributed by atoms with E-state index in [2.05, 4.69) is 13.8 Å². The molecule has 1 rings (SSSR count). The summed E-state index contributed by atoms with van der Waals surface area (Å²) in [5.41, 5.74) is 7.19. The third-order valence-corrected chi connectivity index (χ3v) is 3.43. The fourth-order valence-corrected chi connectivity index (χ4v) is 2.25. The van der Waals surface area contributed by atoms with Gasteiger partial charge in [-0.05, 0) is 29.7 Å². The molecule has 1 aromatic rings. The molecule has 0 bridgehead atoms. The first-order valence-electron chi connectivity index (χ1n) is 5.03. The molecule has 1 atom stereocenters. The summed E-state index contributed by atoms with van der Waals surface area (Å²) in [5.74, 6) is 2.98. The molecule has 0 aliphatic rings. The van der Waals surface area contributed by atoms with Crippen molar-refractivity contribution < 1.29 is 4.42 Å². The summed E-state index contributed by atoms with van der Waals surface area (Å²) >= 11 is 1.94. The van der Waals surface area contributed by atoms with E-state index in [1.807, 2.05) is 17.8 Å². The molecule has 1 heterocycles. The second-order valence-electron chi connectivity index (χ2n) is 4.03. The summed E-state index contributed by atoms with van der Waals surface area (Å²) in [6.07, 6.45) is 4.39. The van der Waals surface area contributed by atoms with Crippen molar-refractivity contribution in [2.75, 3.05) is 11.5 Å². The van der Waals surface area contributed by atoms with E-state index >= 15 is 0 Å². The van der Waals surface area contributed by atoms with Crippen molar-refractivity contribution >= 4 is 11.8 Å². The van der Waals surface area contributed by atoms with Crippen molar-refractivity contribution in [3.8, 4) is 0 Å². The van der Waals surface area contributed by atoms with Crippen LogP contribution in [-0.2, 0) is 6.42 Å². The summed E-state index contributed by atoms with van der Waals surface area (Å²) < 4.78 is 5.00. The molecule has 0 fully saturated rings. The third kappa shape index (κ3) is 4.72. The van der Waals surface area contributed by atoms with Gasteiger partial charge >= 0.3 is 0 Å². The zero-order valence-electron chi connectivity index (χ0n) is 8.90. The standard InChI is InChI=1S/C11H19NOS/c1-9(2)7-14-8-11(12)5-10-3-4-13-6-10/h3-4,6,9,11H,5,7-8,12H2,1-2H3. The predicted octanol–water partition coefficient (Wildman–Crippen LogP) is 2.54. The Morgan fingerprint density at radius 2 is 2.21 bits per heavy atom. The molecule has 2 N–H and O–H groups in total. The average molecular weight is 213 g/mol. The molecule has 0 saturated carbocycles. The summed E-state index contributed by atoms with van der Waals surface area (Å²) in [6.45, 7) is 4.46. The summed E-state index contributed by atoms with van der Waals surface area (Å²) in [4.78, 5) is 0. The van der Waals surface area contributed by atoms with E-state index in [1.54, 1.807) is 12.5 Å². The van der Waals surface area contributed by atoms with Crippen molar-refractivity contribution in [2.45, 2.75) is 26.3 Å². The first kappa shape index (κ1) is 11.7. The highest BCUT2D eigenvalue weighted by molar-refractivity contribution is 7.99. The number of thioether (sulfide) groups is 1. The fourth-order valence-electron chi connectivity index (χ4n) is 1.23. The van der Waals surface area contributed by atoms with Gasteiger partial charge in [0.25, 0.3) is 0 Å². The van der Waals surface area contributed by atoms with Crippen LogP contribution in [0.2, 0.25) is 0 Å². The highest BCUT2D eigenvalue weighted by Crippen LogP contribution is 2.11. The largest absolute Gasteiger partial charge is 0.472 e. The monoisotopic (exact) mass is 213 g/mol. The lowest BCUT2D eigenvalue weighted by molar-refractivity contribution is 0.562. The number of furan rings is 1. The topological polar surface area (TPSA) is 39.2 Å². The van der Waals surface area contributed by atoms with Crippen molar-refractivity contribution in [1.82, 2.24) is 0 Å². The number of hydrogen-bond acceptors (Lipinski definition) is 3. The van der Waals surface area contributed by atoms with E-state index in [0.29, 0.717) is 0 Å². The minimum absolute atomic E-state index is 0.247. The molecule has 0 aliphatic heterocycles. The fraction of sp³-hybridized carbons (Fsp3) is 0.636. The highest BCUT2D eigenvalue weighted by atomic mass is 32.2. The Kier molecular flexibility index (Phi) is 5.12. The molecule has 0 aromatic carbocycles. The second kappa shape index (κ2) is 6.14. The van der Waals surface area contributed by atoms with Gasteiger partial charge < -0.3 is 10.2 Å². The maximum atomic E-state index is 5.99. The van der Waals surface area contributed by atoms with Crippen LogP contribution in [0.1, 0.15) is 19.4 Å². The SMILES string of the molecule is CC(C)CSCC(N)Cc1ccoc1. The molecule has 3 heteroatoms. The Morgan fingerprint density at radius 1 is 1.43 bits per heavy atom. The maximum Gasteiger partial charge on any atom is 0.0935 e. The van der Waals surface area contributed by atoms with Gasteiger partial charge in [0.05, 0.1) is 12.5 Å². The quantitative estimate of drug-likeness (QED) is 0.789. The first-order valence-corrected chi connectivity index (χ1v) is 6.18. The van der Waals surface area contributed by atoms with E-state index in [4.69, 9.17) is 10.2 Å². The molecular weight excluding hydrogens is 194 g/mol. The lowest BCUT2D eigenvalue weighted by Crippen LogP contribution is -2.25. The number of rotatable bonds is 6. The first-order chi connectivity index (χ1) is 6.68. The van der Waals surface area contributed by atoms with Crippen LogP contribution < -0.4 is 5.73 Å². The molecule has 1 unspecified atom stereocenters. The van der Waals surface area contributed by atoms with Crippen LogP contribution in [0.15, 0.2) is 23.0 Å². The van der Waals surface area contributed by atoms with Crippen molar-refractivity contribution in [1.29, 1.82) is 0 Å². The Morgan fingerprint density at radius 3 is 2.79 bits per heavy atom.